The molecular formula is C32H40Br2O9. The minimum absolute atomic E-state index is 0.00531. The summed E-state index contributed by atoms with van der Waals surface area (Å²) in [6.45, 7) is 8.19. The molecule has 2 aromatic rings. The molecule has 0 saturated heterocycles. The van der Waals surface area contributed by atoms with Gasteiger partial charge in [0, 0.05) is 42.2 Å². The number of halogens is 2. The van der Waals surface area contributed by atoms with Crippen molar-refractivity contribution in [1.82, 2.24) is 0 Å². The van der Waals surface area contributed by atoms with Gasteiger partial charge in [-0.2, -0.15) is 0 Å². The van der Waals surface area contributed by atoms with E-state index in [2.05, 4.69) is 31.9 Å². The van der Waals surface area contributed by atoms with Gasteiger partial charge in [-0.1, -0.05) is 45.7 Å². The van der Waals surface area contributed by atoms with Crippen LogP contribution in [0.25, 0.3) is 0 Å². The van der Waals surface area contributed by atoms with Gasteiger partial charge >= 0.3 is 23.9 Å². The second-order valence-electron chi connectivity index (χ2n) is 10.5. The van der Waals surface area contributed by atoms with Crippen molar-refractivity contribution < 1.29 is 42.9 Å². The zero-order chi connectivity index (χ0) is 32.1. The largest absolute Gasteiger partial charge is 0.462 e. The lowest BCUT2D eigenvalue weighted by Crippen LogP contribution is -2.40. The monoisotopic (exact) mass is 726 g/mol. The molecule has 0 aromatic heterocycles. The van der Waals surface area contributed by atoms with Crippen LogP contribution in [0, 0.1) is 11.8 Å². The first-order valence-electron chi connectivity index (χ1n) is 14.1. The lowest BCUT2D eigenvalue weighted by Gasteiger charge is -2.34. The number of carbonyl (C=O) groups is 4. The number of ether oxygens (including phenoxy) is 5. The summed E-state index contributed by atoms with van der Waals surface area (Å²) >= 11 is 6.68. The van der Waals surface area contributed by atoms with Crippen molar-refractivity contribution in [2.45, 2.75) is 78.3 Å². The van der Waals surface area contributed by atoms with E-state index in [4.69, 9.17) is 23.7 Å². The molecule has 9 nitrogen and oxygen atoms in total. The van der Waals surface area contributed by atoms with E-state index in [1.807, 2.05) is 13.8 Å². The molecule has 6 atom stereocenters. The standard InChI is InChI=1S/C32H40Br2O9/c1-19(7-16-29(39-6)21(3)41-32(38)25-10-14-27(34)15-11-25)30(43-23(5)36)20(2)28(42-22(4)35)17-18-40-31(37)24-8-12-26(33)13-9-24/h8-15,19-21,28-30H,7,16-18H2,1-6H3/t19-,20-,21-,28-,29+,30-/m0/s1. The molecular weight excluding hydrogens is 688 g/mol. The quantitative estimate of drug-likeness (QED) is 0.134. The summed E-state index contributed by atoms with van der Waals surface area (Å²) in [6.07, 6.45) is -0.929. The zero-order valence-corrected chi connectivity index (χ0v) is 28.5. The van der Waals surface area contributed by atoms with Crippen molar-refractivity contribution in [2.75, 3.05) is 13.7 Å². The highest BCUT2D eigenvalue weighted by molar-refractivity contribution is 9.10. The molecule has 43 heavy (non-hydrogen) atoms. The predicted molar refractivity (Wildman–Crippen MR) is 168 cm³/mol. The Morgan fingerprint density at radius 1 is 0.674 bits per heavy atom. The van der Waals surface area contributed by atoms with Crippen LogP contribution >= 0.6 is 31.9 Å². The van der Waals surface area contributed by atoms with Crippen molar-refractivity contribution in [1.29, 1.82) is 0 Å². The highest BCUT2D eigenvalue weighted by Crippen LogP contribution is 2.29. The Morgan fingerprint density at radius 3 is 1.67 bits per heavy atom. The molecule has 11 heteroatoms. The average Bonchev–Trinajstić information content (AvgIpc) is 2.95. The fourth-order valence-corrected chi connectivity index (χ4v) is 5.29. The number of esters is 4. The topological polar surface area (TPSA) is 114 Å². The van der Waals surface area contributed by atoms with E-state index in [1.54, 1.807) is 62.6 Å². The predicted octanol–water partition coefficient (Wildman–Crippen LogP) is 6.93. The first-order chi connectivity index (χ1) is 20.3. The smallest absolute Gasteiger partial charge is 0.338 e. The van der Waals surface area contributed by atoms with Gasteiger partial charge in [0.2, 0.25) is 0 Å². The number of hydrogen-bond acceptors (Lipinski definition) is 9. The molecule has 0 unspecified atom stereocenters. The van der Waals surface area contributed by atoms with E-state index in [0.29, 0.717) is 24.0 Å². The Morgan fingerprint density at radius 2 is 1.19 bits per heavy atom. The second kappa shape index (κ2) is 18.1. The fourth-order valence-electron chi connectivity index (χ4n) is 4.76. The van der Waals surface area contributed by atoms with Gasteiger partial charge in [0.15, 0.2) is 0 Å². The molecule has 0 aliphatic carbocycles. The molecule has 236 valence electrons. The van der Waals surface area contributed by atoms with Crippen LogP contribution in [0.1, 0.15) is 74.6 Å². The maximum absolute atomic E-state index is 12.6. The molecule has 0 N–H and O–H groups in total. The fraction of sp³-hybridized carbons (Fsp3) is 0.500. The van der Waals surface area contributed by atoms with E-state index >= 15 is 0 Å². The molecule has 0 saturated carbocycles. The van der Waals surface area contributed by atoms with Gasteiger partial charge in [-0.3, -0.25) is 9.59 Å². The summed E-state index contributed by atoms with van der Waals surface area (Å²) in [5, 5.41) is 0. The molecule has 2 rings (SSSR count). The van der Waals surface area contributed by atoms with Crippen LogP contribution in [0.3, 0.4) is 0 Å². The Labute approximate surface area is 270 Å². The molecule has 0 aliphatic heterocycles. The van der Waals surface area contributed by atoms with Gasteiger partial charge in [0.25, 0.3) is 0 Å². The van der Waals surface area contributed by atoms with E-state index in [9.17, 15) is 19.2 Å². The van der Waals surface area contributed by atoms with Crippen LogP contribution < -0.4 is 0 Å². The minimum Gasteiger partial charge on any atom is -0.462 e. The number of benzene rings is 2. The van der Waals surface area contributed by atoms with Crippen LogP contribution in [0.4, 0.5) is 0 Å². The second-order valence-corrected chi connectivity index (χ2v) is 12.3. The molecule has 0 fully saturated rings. The van der Waals surface area contributed by atoms with Gasteiger partial charge in [0.05, 0.1) is 23.8 Å². The third-order valence-corrected chi connectivity index (χ3v) is 8.16. The van der Waals surface area contributed by atoms with Crippen LogP contribution in [0.5, 0.6) is 0 Å². The van der Waals surface area contributed by atoms with Crippen molar-refractivity contribution in [3.05, 3.63) is 68.6 Å². The molecule has 0 bridgehead atoms. The van der Waals surface area contributed by atoms with Crippen LogP contribution in [-0.4, -0.2) is 62.0 Å². The first kappa shape index (κ1) is 36.4. The van der Waals surface area contributed by atoms with Crippen molar-refractivity contribution in [3.63, 3.8) is 0 Å². The highest BCUT2D eigenvalue weighted by atomic mass is 79.9. The van der Waals surface area contributed by atoms with Crippen LogP contribution in [0.2, 0.25) is 0 Å². The summed E-state index contributed by atoms with van der Waals surface area (Å²) < 4.78 is 29.7. The average molecular weight is 728 g/mol. The van der Waals surface area contributed by atoms with Gasteiger partial charge in [-0.15, -0.1) is 0 Å². The maximum Gasteiger partial charge on any atom is 0.338 e. The normalized spacial score (nSPS) is 15.3. The van der Waals surface area contributed by atoms with Crippen molar-refractivity contribution >= 4 is 55.7 Å². The third-order valence-electron chi connectivity index (χ3n) is 7.11. The molecule has 0 radical (unpaired) electrons. The first-order valence-corrected chi connectivity index (χ1v) is 15.7. The maximum atomic E-state index is 12.6. The van der Waals surface area contributed by atoms with E-state index in [1.165, 1.54) is 13.8 Å². The molecule has 2 aromatic carbocycles. The lowest BCUT2D eigenvalue weighted by atomic mass is 9.84. The number of hydrogen-bond donors (Lipinski definition) is 0. The van der Waals surface area contributed by atoms with Gasteiger partial charge in [0.1, 0.15) is 18.3 Å². The minimum atomic E-state index is -0.675. The Balaban J connectivity index is 2.04. The lowest BCUT2D eigenvalue weighted by molar-refractivity contribution is -0.163. The zero-order valence-electron chi connectivity index (χ0n) is 25.3. The van der Waals surface area contributed by atoms with Gasteiger partial charge in [-0.25, -0.2) is 9.59 Å². The van der Waals surface area contributed by atoms with Gasteiger partial charge in [-0.05, 0) is 74.2 Å². The van der Waals surface area contributed by atoms with Crippen molar-refractivity contribution in [2.24, 2.45) is 11.8 Å². The van der Waals surface area contributed by atoms with E-state index in [-0.39, 0.29) is 18.9 Å². The number of methoxy groups -OCH3 is 1. The Bertz CT molecular complexity index is 1200. The third kappa shape index (κ3) is 12.4. The molecule has 0 amide bonds. The molecule has 0 heterocycles. The number of carbonyl (C=O) groups excluding carboxylic acids is 4. The highest BCUT2D eigenvalue weighted by Gasteiger charge is 2.35. The summed E-state index contributed by atoms with van der Waals surface area (Å²) in [7, 11) is 1.55. The van der Waals surface area contributed by atoms with E-state index < -0.39 is 54.2 Å². The van der Waals surface area contributed by atoms with Crippen molar-refractivity contribution in [3.8, 4) is 0 Å². The summed E-state index contributed by atoms with van der Waals surface area (Å²) in [4.78, 5) is 49.1. The van der Waals surface area contributed by atoms with Crippen LogP contribution in [0.15, 0.2) is 57.5 Å². The summed E-state index contributed by atoms with van der Waals surface area (Å²) in [6, 6.07) is 13.7. The Hall–Kier alpha value is -2.76. The van der Waals surface area contributed by atoms with Crippen LogP contribution in [-0.2, 0) is 33.3 Å². The van der Waals surface area contributed by atoms with Gasteiger partial charge < -0.3 is 23.7 Å². The SMILES string of the molecule is CO[C@H](CC[C@H](C)[C@H](OC(C)=O)[C@@H](C)[C@H](CCOC(=O)c1ccc(Br)cc1)OC(C)=O)[C@H](C)OC(=O)c1ccc(Br)cc1. The summed E-state index contributed by atoms with van der Waals surface area (Å²) in [5.74, 6) is -2.49. The molecule has 0 spiro atoms. The Kier molecular flexibility index (Phi) is 15.4. The number of rotatable bonds is 16. The van der Waals surface area contributed by atoms with E-state index in [0.717, 1.165) is 8.95 Å². The summed E-state index contributed by atoms with van der Waals surface area (Å²) in [5.41, 5.74) is 0.831. The molecule has 0 aliphatic rings.